The van der Waals surface area contributed by atoms with Gasteiger partial charge >= 0.3 is 6.18 Å². The summed E-state index contributed by atoms with van der Waals surface area (Å²) in [5.41, 5.74) is 0.134. The normalized spacial score (nSPS) is 20.5. The van der Waals surface area contributed by atoms with Crippen molar-refractivity contribution in [3.8, 4) is 5.13 Å². The minimum atomic E-state index is -4.69. The molecule has 8 nitrogen and oxygen atoms in total. The number of fused-ring (bicyclic) bond motifs is 1. The second-order valence-corrected chi connectivity index (χ2v) is 11.4. The molecule has 1 aliphatic carbocycles. The summed E-state index contributed by atoms with van der Waals surface area (Å²) in [6.45, 7) is 4.16. The predicted octanol–water partition coefficient (Wildman–Crippen LogP) is 3.63. The van der Waals surface area contributed by atoms with Gasteiger partial charge in [-0.15, -0.1) is 10.2 Å². The highest BCUT2D eigenvalue weighted by Crippen LogP contribution is 2.40. The maximum absolute atomic E-state index is 15.9. The molecular weight excluding hydrogens is 496 g/mol. The average molecular weight is 517 g/mol. The van der Waals surface area contributed by atoms with Crippen LogP contribution in [0, 0.1) is 5.82 Å². The maximum Gasteiger partial charge on any atom is 0.445 e. The van der Waals surface area contributed by atoms with E-state index in [4.69, 9.17) is 0 Å². The Bertz CT molecular complexity index is 1420. The summed E-state index contributed by atoms with van der Waals surface area (Å²) >= 11 is 0.262. The Morgan fingerprint density at radius 2 is 2.03 bits per heavy atom. The Kier molecular flexibility index (Phi) is 5.35. The maximum atomic E-state index is 15.9. The molecule has 3 heterocycles. The molecule has 2 N–H and O–H groups in total. The summed E-state index contributed by atoms with van der Waals surface area (Å²) < 4.78 is 85.0. The van der Waals surface area contributed by atoms with Crippen LogP contribution < -0.4 is 10.0 Å². The Hall–Kier alpha value is -2.42. The molecule has 2 aliphatic rings. The monoisotopic (exact) mass is 516 g/mol. The van der Waals surface area contributed by atoms with Crippen LogP contribution in [-0.4, -0.2) is 46.5 Å². The average Bonchev–Trinajstić information content (AvgIpc) is 3.14. The minimum absolute atomic E-state index is 0.0685. The number of hydrogen-bond donors (Lipinski definition) is 2. The van der Waals surface area contributed by atoms with E-state index < -0.39 is 37.5 Å². The van der Waals surface area contributed by atoms with Gasteiger partial charge in [-0.05, 0) is 51.3 Å². The first-order valence-corrected chi connectivity index (χ1v) is 12.8. The number of benzene rings is 1. The van der Waals surface area contributed by atoms with Gasteiger partial charge in [0, 0.05) is 22.5 Å². The van der Waals surface area contributed by atoms with Gasteiger partial charge in [0.15, 0.2) is 5.82 Å². The quantitative estimate of drug-likeness (QED) is 0.503. The van der Waals surface area contributed by atoms with E-state index in [2.05, 4.69) is 25.3 Å². The van der Waals surface area contributed by atoms with Gasteiger partial charge in [-0.3, -0.25) is 0 Å². The molecule has 0 bridgehead atoms. The van der Waals surface area contributed by atoms with E-state index in [1.54, 1.807) is 13.0 Å². The summed E-state index contributed by atoms with van der Waals surface area (Å²) in [6.07, 6.45) is 0.109. The third-order valence-corrected chi connectivity index (χ3v) is 8.50. The van der Waals surface area contributed by atoms with E-state index in [1.165, 1.54) is 6.20 Å². The standard InChI is InChI=1S/C20H20F4N6O2S2/c1-10-7-11(3-6-25-10)15-12-9-26-30(18-28-27-17(33-18)20(22,23)24)13(12)8-14(16(15)21)34(31,32)29-19(2)4-5-19/h7-10,25,29H,3-6H2,1-2H3. The lowest BCUT2D eigenvalue weighted by atomic mass is 9.94. The van der Waals surface area contributed by atoms with Gasteiger partial charge < -0.3 is 5.32 Å². The molecule has 34 heavy (non-hydrogen) atoms. The molecule has 14 heteroatoms. The molecule has 1 atom stereocenters. The fraction of sp³-hybridized carbons (Fsp3) is 0.450. The van der Waals surface area contributed by atoms with Gasteiger partial charge in [0.1, 0.15) is 4.90 Å². The zero-order chi connectivity index (χ0) is 24.5. The zero-order valence-corrected chi connectivity index (χ0v) is 19.7. The lowest BCUT2D eigenvalue weighted by molar-refractivity contribution is -0.138. The first kappa shape index (κ1) is 23.3. The smallest absolute Gasteiger partial charge is 0.310 e. The molecule has 0 radical (unpaired) electrons. The molecule has 182 valence electrons. The van der Waals surface area contributed by atoms with E-state index in [9.17, 15) is 21.6 Å². The Balaban J connectivity index is 1.75. The van der Waals surface area contributed by atoms with Gasteiger partial charge in [-0.25, -0.2) is 22.2 Å². The van der Waals surface area contributed by atoms with Crippen LogP contribution in [0.3, 0.4) is 0 Å². The topological polar surface area (TPSA) is 102 Å². The third kappa shape index (κ3) is 4.12. The number of halogens is 4. The zero-order valence-electron chi connectivity index (χ0n) is 18.1. The van der Waals surface area contributed by atoms with Crippen LogP contribution in [0.15, 0.2) is 23.2 Å². The molecule has 1 saturated carbocycles. The number of sulfonamides is 1. The molecule has 3 aromatic rings. The van der Waals surface area contributed by atoms with Gasteiger partial charge in [-0.1, -0.05) is 17.4 Å². The summed E-state index contributed by atoms with van der Waals surface area (Å²) in [4.78, 5) is -0.586. The predicted molar refractivity (Wildman–Crippen MR) is 118 cm³/mol. The molecule has 1 unspecified atom stereocenters. The summed E-state index contributed by atoms with van der Waals surface area (Å²) in [5, 5.41) is 13.0. The fourth-order valence-corrected chi connectivity index (χ4v) is 6.20. The Morgan fingerprint density at radius 3 is 2.65 bits per heavy atom. The van der Waals surface area contributed by atoms with Crippen molar-refractivity contribution >= 4 is 37.8 Å². The molecule has 2 aromatic heterocycles. The molecule has 0 saturated heterocycles. The number of alkyl halides is 3. The van der Waals surface area contributed by atoms with Gasteiger partial charge in [-0.2, -0.15) is 18.3 Å². The largest absolute Gasteiger partial charge is 0.445 e. The van der Waals surface area contributed by atoms with Gasteiger partial charge in [0.05, 0.1) is 11.7 Å². The van der Waals surface area contributed by atoms with Crippen molar-refractivity contribution < 1.29 is 26.0 Å². The summed E-state index contributed by atoms with van der Waals surface area (Å²) in [6, 6.07) is 1.02. The number of rotatable bonds is 5. The lowest BCUT2D eigenvalue weighted by Crippen LogP contribution is -2.35. The SMILES string of the molecule is CC1C=C(c2c(F)c(S(=O)(=O)NC3(C)CC3)cc3c2cnn3-c2nnc(C(F)(F)F)s2)CCN1. The van der Waals surface area contributed by atoms with Crippen molar-refractivity contribution in [1.82, 2.24) is 30.0 Å². The Labute approximate surface area is 196 Å². The highest BCUT2D eigenvalue weighted by Gasteiger charge is 2.42. The Morgan fingerprint density at radius 1 is 1.29 bits per heavy atom. The minimum Gasteiger partial charge on any atom is -0.310 e. The molecular formula is C20H20F4N6O2S2. The third-order valence-electron chi connectivity index (χ3n) is 5.92. The van der Waals surface area contributed by atoms with Crippen LogP contribution in [0.25, 0.3) is 21.6 Å². The summed E-state index contributed by atoms with van der Waals surface area (Å²) in [7, 11) is -4.27. The van der Waals surface area contributed by atoms with Gasteiger partial charge in [0.25, 0.3) is 0 Å². The number of nitrogens with zero attached hydrogens (tertiary/aromatic N) is 4. The highest BCUT2D eigenvalue weighted by atomic mass is 32.2. The van der Waals surface area contributed by atoms with Crippen molar-refractivity contribution in [3.63, 3.8) is 0 Å². The van der Waals surface area contributed by atoms with Crippen molar-refractivity contribution in [1.29, 1.82) is 0 Å². The van der Waals surface area contributed by atoms with Crippen LogP contribution in [0.2, 0.25) is 0 Å². The lowest BCUT2D eigenvalue weighted by Gasteiger charge is -2.22. The van der Waals surface area contributed by atoms with Gasteiger partial charge in [0.2, 0.25) is 20.2 Å². The van der Waals surface area contributed by atoms with Crippen LogP contribution in [-0.2, 0) is 16.2 Å². The highest BCUT2D eigenvalue weighted by molar-refractivity contribution is 7.89. The van der Waals surface area contributed by atoms with Crippen LogP contribution in [0.1, 0.15) is 43.7 Å². The van der Waals surface area contributed by atoms with Crippen LogP contribution in [0.5, 0.6) is 0 Å². The fourth-order valence-electron chi connectivity index (χ4n) is 3.95. The van der Waals surface area contributed by atoms with Crippen molar-refractivity contribution in [2.24, 2.45) is 0 Å². The van der Waals surface area contributed by atoms with E-state index in [0.29, 0.717) is 31.4 Å². The van der Waals surface area contributed by atoms with E-state index in [0.717, 1.165) is 10.7 Å². The number of hydrogen-bond acceptors (Lipinski definition) is 7. The summed E-state index contributed by atoms with van der Waals surface area (Å²) in [5.74, 6) is -0.919. The van der Waals surface area contributed by atoms with Crippen molar-refractivity contribution in [3.05, 3.63) is 34.7 Å². The second-order valence-electron chi connectivity index (χ2n) is 8.79. The molecule has 0 amide bonds. The van der Waals surface area contributed by atoms with Crippen LogP contribution in [0.4, 0.5) is 17.6 Å². The number of nitrogens with one attached hydrogen (secondary N) is 2. The van der Waals surface area contributed by atoms with E-state index in [-0.39, 0.29) is 39.0 Å². The van der Waals surface area contributed by atoms with Crippen molar-refractivity contribution in [2.45, 2.75) is 55.8 Å². The molecule has 1 aromatic carbocycles. The first-order chi connectivity index (χ1) is 15.9. The second kappa shape index (κ2) is 7.80. The molecule has 5 rings (SSSR count). The van der Waals surface area contributed by atoms with E-state index >= 15 is 4.39 Å². The molecule has 1 fully saturated rings. The van der Waals surface area contributed by atoms with Crippen molar-refractivity contribution in [2.75, 3.05) is 6.54 Å². The number of aromatic nitrogens is 4. The van der Waals surface area contributed by atoms with Crippen LogP contribution >= 0.6 is 11.3 Å². The molecule has 0 spiro atoms. The first-order valence-electron chi connectivity index (χ1n) is 10.5. The molecule has 1 aliphatic heterocycles. The van der Waals surface area contributed by atoms with E-state index in [1.807, 2.05) is 6.92 Å².